The average molecular weight is 266 g/mol. The van der Waals surface area contributed by atoms with Crippen LogP contribution in [0.5, 0.6) is 0 Å². The van der Waals surface area contributed by atoms with Crippen LogP contribution in [-0.2, 0) is 20.7 Å². The van der Waals surface area contributed by atoms with Crippen molar-refractivity contribution in [3.8, 4) is 0 Å². The smallest absolute Gasteiger partial charge is 0.399 e. The first-order valence-corrected chi connectivity index (χ1v) is 6.40. The number of methoxy groups -OCH3 is 1. The van der Waals surface area contributed by atoms with Gasteiger partial charge in [-0.3, -0.25) is 0 Å². The summed E-state index contributed by atoms with van der Waals surface area (Å²) in [5.41, 5.74) is -0.00848. The van der Waals surface area contributed by atoms with Crippen molar-refractivity contribution in [2.45, 2.75) is 45.5 Å². The van der Waals surface area contributed by atoms with Crippen LogP contribution in [0.4, 0.5) is 4.39 Å². The molecule has 3 nitrogen and oxygen atoms in total. The Hall–Kier alpha value is -0.905. The zero-order valence-electron chi connectivity index (χ0n) is 12.1. The average Bonchev–Trinajstić information content (AvgIpc) is 2.51. The maximum atomic E-state index is 14.4. The number of rotatable bonds is 3. The van der Waals surface area contributed by atoms with Crippen LogP contribution >= 0.6 is 0 Å². The summed E-state index contributed by atoms with van der Waals surface area (Å²) in [6, 6.07) is 5.18. The lowest BCUT2D eigenvalue weighted by atomic mass is 9.78. The highest BCUT2D eigenvalue weighted by molar-refractivity contribution is 6.62. The van der Waals surface area contributed by atoms with E-state index in [0.717, 1.165) is 0 Å². The maximum absolute atomic E-state index is 14.4. The van der Waals surface area contributed by atoms with Crippen LogP contribution < -0.4 is 5.46 Å². The van der Waals surface area contributed by atoms with Gasteiger partial charge in [0.2, 0.25) is 0 Å². The molecule has 0 bridgehead atoms. The maximum Gasteiger partial charge on any atom is 0.497 e. The Bertz CT molecular complexity index is 458. The molecule has 1 aliphatic rings. The Kier molecular flexibility index (Phi) is 3.73. The largest absolute Gasteiger partial charge is 0.497 e. The van der Waals surface area contributed by atoms with Crippen LogP contribution in [0, 0.1) is 5.82 Å². The van der Waals surface area contributed by atoms with Gasteiger partial charge in [-0.25, -0.2) is 4.39 Å². The highest BCUT2D eigenvalue weighted by atomic mass is 19.1. The third kappa shape index (κ3) is 2.55. The molecule has 1 aromatic rings. The van der Waals surface area contributed by atoms with Gasteiger partial charge in [-0.1, -0.05) is 18.2 Å². The van der Waals surface area contributed by atoms with E-state index in [1.807, 2.05) is 27.7 Å². The third-order valence-corrected chi connectivity index (χ3v) is 3.92. The molecule has 0 spiro atoms. The van der Waals surface area contributed by atoms with Gasteiger partial charge < -0.3 is 14.0 Å². The minimum Gasteiger partial charge on any atom is -0.399 e. The van der Waals surface area contributed by atoms with Gasteiger partial charge in [-0.2, -0.15) is 0 Å². The summed E-state index contributed by atoms with van der Waals surface area (Å²) in [6.45, 7) is 8.03. The van der Waals surface area contributed by atoms with Crippen LogP contribution in [0.3, 0.4) is 0 Å². The number of benzene rings is 1. The lowest BCUT2D eigenvalue weighted by molar-refractivity contribution is 0.00578. The summed E-state index contributed by atoms with van der Waals surface area (Å²) in [5, 5.41) is 0. The fourth-order valence-corrected chi connectivity index (χ4v) is 2.02. The Labute approximate surface area is 114 Å². The quantitative estimate of drug-likeness (QED) is 0.785. The molecule has 0 N–H and O–H groups in total. The van der Waals surface area contributed by atoms with E-state index in [-0.39, 0.29) is 12.4 Å². The summed E-state index contributed by atoms with van der Waals surface area (Å²) in [6.07, 6.45) is 0. The Morgan fingerprint density at radius 2 is 1.74 bits per heavy atom. The molecule has 104 valence electrons. The van der Waals surface area contributed by atoms with Crippen molar-refractivity contribution in [3.05, 3.63) is 29.6 Å². The van der Waals surface area contributed by atoms with Crippen molar-refractivity contribution >= 4 is 12.6 Å². The Morgan fingerprint density at radius 3 is 2.26 bits per heavy atom. The van der Waals surface area contributed by atoms with Gasteiger partial charge in [0.05, 0.1) is 17.8 Å². The van der Waals surface area contributed by atoms with Crippen LogP contribution in [-0.4, -0.2) is 25.4 Å². The molecule has 0 amide bonds. The number of hydrogen-bond acceptors (Lipinski definition) is 3. The zero-order chi connectivity index (χ0) is 14.3. The van der Waals surface area contributed by atoms with Gasteiger partial charge in [0.15, 0.2) is 0 Å². The van der Waals surface area contributed by atoms with E-state index in [4.69, 9.17) is 14.0 Å². The van der Waals surface area contributed by atoms with Gasteiger partial charge in [0.1, 0.15) is 5.82 Å². The zero-order valence-corrected chi connectivity index (χ0v) is 12.1. The van der Waals surface area contributed by atoms with Gasteiger partial charge in [-0.05, 0) is 27.7 Å². The van der Waals surface area contributed by atoms with E-state index < -0.39 is 18.3 Å². The molecule has 19 heavy (non-hydrogen) atoms. The third-order valence-electron chi connectivity index (χ3n) is 3.92. The van der Waals surface area contributed by atoms with Gasteiger partial charge in [0.25, 0.3) is 0 Å². The van der Waals surface area contributed by atoms with E-state index >= 15 is 0 Å². The first kappa shape index (κ1) is 14.5. The Morgan fingerprint density at radius 1 is 1.16 bits per heavy atom. The first-order chi connectivity index (χ1) is 8.78. The number of ether oxygens (including phenoxy) is 1. The first-order valence-electron chi connectivity index (χ1n) is 6.40. The summed E-state index contributed by atoms with van der Waals surface area (Å²) in [4.78, 5) is 0. The molecule has 1 saturated heterocycles. The van der Waals surface area contributed by atoms with E-state index in [1.54, 1.807) is 25.3 Å². The van der Waals surface area contributed by atoms with Crippen molar-refractivity contribution < 1.29 is 18.4 Å². The molecule has 0 saturated carbocycles. The fourth-order valence-electron chi connectivity index (χ4n) is 2.02. The topological polar surface area (TPSA) is 27.7 Å². The predicted octanol–water partition coefficient (Wildman–Crippen LogP) is 2.27. The molecular weight excluding hydrogens is 246 g/mol. The molecule has 0 aliphatic carbocycles. The van der Waals surface area contributed by atoms with Crippen molar-refractivity contribution in [2.75, 3.05) is 7.11 Å². The molecule has 1 aliphatic heterocycles. The fraction of sp³-hybridized carbons (Fsp3) is 0.571. The minimum absolute atomic E-state index is 0.235. The SMILES string of the molecule is COCc1cccc(B2OC(C)(C)C(C)(C)O2)c1F. The second kappa shape index (κ2) is 4.89. The summed E-state index contributed by atoms with van der Waals surface area (Å²) in [5.74, 6) is -0.317. The van der Waals surface area contributed by atoms with Crippen molar-refractivity contribution in [2.24, 2.45) is 0 Å². The molecule has 5 heteroatoms. The van der Waals surface area contributed by atoms with E-state index in [0.29, 0.717) is 11.0 Å². The van der Waals surface area contributed by atoms with Crippen molar-refractivity contribution in [3.63, 3.8) is 0 Å². The molecule has 1 heterocycles. The molecule has 2 rings (SSSR count). The number of halogens is 1. The highest BCUT2D eigenvalue weighted by Gasteiger charge is 2.52. The number of hydrogen-bond donors (Lipinski definition) is 0. The van der Waals surface area contributed by atoms with E-state index in [1.165, 1.54) is 0 Å². The summed E-state index contributed by atoms with van der Waals surface area (Å²) < 4.78 is 31.1. The molecular formula is C14H20BFO3. The van der Waals surface area contributed by atoms with Crippen molar-refractivity contribution in [1.82, 2.24) is 0 Å². The molecule has 0 aromatic heterocycles. The second-order valence-corrected chi connectivity index (χ2v) is 5.84. The normalized spacial score (nSPS) is 20.8. The monoisotopic (exact) mass is 266 g/mol. The highest BCUT2D eigenvalue weighted by Crippen LogP contribution is 2.36. The van der Waals surface area contributed by atoms with Crippen LogP contribution in [0.15, 0.2) is 18.2 Å². The van der Waals surface area contributed by atoms with Crippen LogP contribution in [0.1, 0.15) is 33.3 Å². The van der Waals surface area contributed by atoms with E-state index in [2.05, 4.69) is 0 Å². The van der Waals surface area contributed by atoms with Crippen molar-refractivity contribution in [1.29, 1.82) is 0 Å². The van der Waals surface area contributed by atoms with E-state index in [9.17, 15) is 4.39 Å². The van der Waals surface area contributed by atoms with Gasteiger partial charge in [-0.15, -0.1) is 0 Å². The minimum atomic E-state index is -0.679. The molecule has 1 aromatic carbocycles. The molecule has 1 fully saturated rings. The van der Waals surface area contributed by atoms with Gasteiger partial charge in [0, 0.05) is 18.1 Å². The van der Waals surface area contributed by atoms with Crippen LogP contribution in [0.25, 0.3) is 0 Å². The standard InChI is InChI=1S/C14H20BFO3/c1-13(2)14(3,4)19-15(18-13)11-8-6-7-10(9-17-5)12(11)16/h6-8H,9H2,1-5H3. The molecule has 0 unspecified atom stereocenters. The predicted molar refractivity (Wildman–Crippen MR) is 72.8 cm³/mol. The summed E-state index contributed by atoms with van der Waals surface area (Å²) in [7, 11) is 0.864. The lowest BCUT2D eigenvalue weighted by Crippen LogP contribution is -2.41. The molecule has 0 atom stereocenters. The lowest BCUT2D eigenvalue weighted by Gasteiger charge is -2.32. The van der Waals surface area contributed by atoms with Crippen LogP contribution in [0.2, 0.25) is 0 Å². The molecule has 0 radical (unpaired) electrons. The van der Waals surface area contributed by atoms with Gasteiger partial charge >= 0.3 is 7.12 Å². The summed E-state index contributed by atoms with van der Waals surface area (Å²) >= 11 is 0. The Balaban J connectivity index is 2.32. The second-order valence-electron chi connectivity index (χ2n) is 5.84.